The van der Waals surface area contributed by atoms with E-state index in [1.807, 2.05) is 6.07 Å². The Morgan fingerprint density at radius 2 is 2.11 bits per heavy atom. The molecule has 100 valence electrons. The number of hydrogen-bond acceptors (Lipinski definition) is 4. The third-order valence-electron chi connectivity index (χ3n) is 3.29. The zero-order valence-corrected chi connectivity index (χ0v) is 12.2. The first-order chi connectivity index (χ1) is 8.69. The van der Waals surface area contributed by atoms with Gasteiger partial charge in [-0.25, -0.2) is 0 Å². The standard InChI is InChI=1S/C13H18BrNO3/c1-17-10-7-8(14)11(12(16)13(10)18-2)9-5-3-4-6-15-9/h7,9,15-16H,3-6H2,1-2H3. The highest BCUT2D eigenvalue weighted by Crippen LogP contribution is 2.46. The van der Waals surface area contributed by atoms with E-state index in [1.165, 1.54) is 13.5 Å². The van der Waals surface area contributed by atoms with Crippen LogP contribution in [-0.4, -0.2) is 25.9 Å². The number of nitrogens with one attached hydrogen (secondary N) is 1. The highest BCUT2D eigenvalue weighted by molar-refractivity contribution is 9.10. The van der Waals surface area contributed by atoms with Crippen molar-refractivity contribution in [2.45, 2.75) is 25.3 Å². The smallest absolute Gasteiger partial charge is 0.203 e. The molecule has 0 amide bonds. The predicted molar refractivity (Wildman–Crippen MR) is 73.5 cm³/mol. The molecule has 2 rings (SSSR count). The molecule has 0 radical (unpaired) electrons. The quantitative estimate of drug-likeness (QED) is 0.900. The maximum atomic E-state index is 10.4. The SMILES string of the molecule is COc1cc(Br)c(C2CCCCN2)c(O)c1OC. The number of phenolic OH excluding ortho intramolecular Hbond substituents is 1. The number of benzene rings is 1. The molecule has 2 N–H and O–H groups in total. The third-order valence-corrected chi connectivity index (χ3v) is 3.95. The maximum absolute atomic E-state index is 10.4. The summed E-state index contributed by atoms with van der Waals surface area (Å²) in [6.45, 7) is 0.977. The molecule has 0 saturated carbocycles. The number of halogens is 1. The lowest BCUT2D eigenvalue weighted by atomic mass is 9.96. The molecule has 1 aliphatic rings. The zero-order chi connectivity index (χ0) is 13.1. The first-order valence-corrected chi connectivity index (χ1v) is 6.85. The fraction of sp³-hybridized carbons (Fsp3) is 0.538. The summed E-state index contributed by atoms with van der Waals surface area (Å²) in [5.74, 6) is 1.08. The molecule has 1 heterocycles. The molecule has 18 heavy (non-hydrogen) atoms. The normalized spacial score (nSPS) is 19.6. The molecule has 1 aromatic rings. The Morgan fingerprint density at radius 1 is 1.33 bits per heavy atom. The summed E-state index contributed by atoms with van der Waals surface area (Å²) in [4.78, 5) is 0. The Morgan fingerprint density at radius 3 is 2.67 bits per heavy atom. The summed E-state index contributed by atoms with van der Waals surface area (Å²) >= 11 is 3.50. The number of rotatable bonds is 3. The summed E-state index contributed by atoms with van der Waals surface area (Å²) in [5, 5.41) is 13.8. The summed E-state index contributed by atoms with van der Waals surface area (Å²) in [6.07, 6.45) is 3.36. The van der Waals surface area contributed by atoms with Gasteiger partial charge < -0.3 is 19.9 Å². The van der Waals surface area contributed by atoms with Crippen LogP contribution < -0.4 is 14.8 Å². The van der Waals surface area contributed by atoms with Gasteiger partial charge in [-0.3, -0.25) is 0 Å². The van der Waals surface area contributed by atoms with Crippen molar-refractivity contribution >= 4 is 15.9 Å². The number of hydrogen-bond donors (Lipinski definition) is 2. The van der Waals surface area contributed by atoms with E-state index in [1.54, 1.807) is 7.11 Å². The van der Waals surface area contributed by atoms with Crippen LogP contribution in [-0.2, 0) is 0 Å². The minimum absolute atomic E-state index is 0.156. The number of methoxy groups -OCH3 is 2. The highest BCUT2D eigenvalue weighted by Gasteiger charge is 2.25. The average Bonchev–Trinajstić information content (AvgIpc) is 2.39. The van der Waals surface area contributed by atoms with Gasteiger partial charge in [0.15, 0.2) is 11.5 Å². The fourth-order valence-electron chi connectivity index (χ4n) is 2.39. The van der Waals surface area contributed by atoms with E-state index in [9.17, 15) is 5.11 Å². The van der Waals surface area contributed by atoms with Crippen LogP contribution in [0.3, 0.4) is 0 Å². The van der Waals surface area contributed by atoms with Crippen molar-refractivity contribution in [3.63, 3.8) is 0 Å². The molecule has 5 heteroatoms. The van der Waals surface area contributed by atoms with Gasteiger partial charge in [0.25, 0.3) is 0 Å². The molecule has 0 aliphatic carbocycles. The van der Waals surface area contributed by atoms with Crippen LogP contribution in [0.25, 0.3) is 0 Å². The van der Waals surface area contributed by atoms with Crippen LogP contribution in [0.2, 0.25) is 0 Å². The highest BCUT2D eigenvalue weighted by atomic mass is 79.9. The van der Waals surface area contributed by atoms with E-state index in [0.717, 1.165) is 29.4 Å². The zero-order valence-electron chi connectivity index (χ0n) is 10.6. The Balaban J connectivity index is 2.46. The van der Waals surface area contributed by atoms with Crippen molar-refractivity contribution in [3.05, 3.63) is 16.1 Å². The third kappa shape index (κ3) is 2.42. The van der Waals surface area contributed by atoms with Gasteiger partial charge in [-0.15, -0.1) is 0 Å². The topological polar surface area (TPSA) is 50.7 Å². The Hall–Kier alpha value is -0.940. The van der Waals surface area contributed by atoms with E-state index in [4.69, 9.17) is 9.47 Å². The lowest BCUT2D eigenvalue weighted by Gasteiger charge is -2.26. The lowest BCUT2D eigenvalue weighted by molar-refractivity contribution is 0.324. The second-order valence-corrected chi connectivity index (χ2v) is 5.21. The van der Waals surface area contributed by atoms with Gasteiger partial charge in [-0.05, 0) is 25.5 Å². The fourth-order valence-corrected chi connectivity index (χ4v) is 3.06. The summed E-state index contributed by atoms with van der Waals surface area (Å²) in [5.41, 5.74) is 0.854. The minimum atomic E-state index is 0.156. The van der Waals surface area contributed by atoms with Crippen LogP contribution in [0.1, 0.15) is 30.9 Å². The van der Waals surface area contributed by atoms with Crippen molar-refractivity contribution in [1.29, 1.82) is 0 Å². The first-order valence-electron chi connectivity index (χ1n) is 6.05. The summed E-state index contributed by atoms with van der Waals surface area (Å²) in [6, 6.07) is 2.00. The molecule has 1 atom stereocenters. The van der Waals surface area contributed by atoms with Crippen LogP contribution >= 0.6 is 15.9 Å². The van der Waals surface area contributed by atoms with Gasteiger partial charge in [0, 0.05) is 16.1 Å². The molecule has 0 spiro atoms. The van der Waals surface area contributed by atoms with Crippen LogP contribution in [0.15, 0.2) is 10.5 Å². The molecule has 1 aliphatic heterocycles. The average molecular weight is 316 g/mol. The van der Waals surface area contributed by atoms with E-state index < -0.39 is 0 Å². The van der Waals surface area contributed by atoms with Gasteiger partial charge in [0.05, 0.1) is 14.2 Å². The predicted octanol–water partition coefficient (Wildman–Crippen LogP) is 2.99. The molecule has 1 saturated heterocycles. The Kier molecular flexibility index (Phi) is 4.35. The molecule has 0 bridgehead atoms. The second-order valence-electron chi connectivity index (χ2n) is 4.36. The van der Waals surface area contributed by atoms with Crippen molar-refractivity contribution < 1.29 is 14.6 Å². The molecule has 1 aromatic carbocycles. The molecule has 1 unspecified atom stereocenters. The van der Waals surface area contributed by atoms with E-state index >= 15 is 0 Å². The van der Waals surface area contributed by atoms with Crippen molar-refractivity contribution in [1.82, 2.24) is 5.32 Å². The van der Waals surface area contributed by atoms with E-state index in [2.05, 4.69) is 21.2 Å². The van der Waals surface area contributed by atoms with Gasteiger partial charge in [-0.2, -0.15) is 0 Å². The number of aromatic hydroxyl groups is 1. The largest absolute Gasteiger partial charge is 0.504 e. The van der Waals surface area contributed by atoms with Gasteiger partial charge in [-0.1, -0.05) is 22.4 Å². The summed E-state index contributed by atoms with van der Waals surface area (Å²) < 4.78 is 11.3. The van der Waals surface area contributed by atoms with Gasteiger partial charge in [0.2, 0.25) is 5.75 Å². The number of piperidine rings is 1. The monoisotopic (exact) mass is 315 g/mol. The van der Waals surface area contributed by atoms with Gasteiger partial charge in [0.1, 0.15) is 0 Å². The van der Waals surface area contributed by atoms with Crippen LogP contribution in [0, 0.1) is 0 Å². The first kappa shape index (κ1) is 13.5. The number of ether oxygens (including phenoxy) is 2. The van der Waals surface area contributed by atoms with Crippen LogP contribution in [0.5, 0.6) is 17.2 Å². The Labute approximate surface area is 115 Å². The van der Waals surface area contributed by atoms with E-state index in [0.29, 0.717) is 11.5 Å². The summed E-state index contributed by atoms with van der Waals surface area (Å²) in [7, 11) is 3.09. The van der Waals surface area contributed by atoms with Gasteiger partial charge >= 0.3 is 0 Å². The molecule has 4 nitrogen and oxygen atoms in total. The van der Waals surface area contributed by atoms with Crippen LogP contribution in [0.4, 0.5) is 0 Å². The second kappa shape index (κ2) is 5.80. The minimum Gasteiger partial charge on any atom is -0.504 e. The molecular formula is C13H18BrNO3. The Bertz CT molecular complexity index is 431. The van der Waals surface area contributed by atoms with E-state index in [-0.39, 0.29) is 11.8 Å². The molecule has 1 fully saturated rings. The van der Waals surface area contributed by atoms with Crippen molar-refractivity contribution in [3.8, 4) is 17.2 Å². The maximum Gasteiger partial charge on any atom is 0.203 e. The van der Waals surface area contributed by atoms with Crippen molar-refractivity contribution in [2.24, 2.45) is 0 Å². The lowest BCUT2D eigenvalue weighted by Crippen LogP contribution is -2.27. The van der Waals surface area contributed by atoms with Crippen molar-refractivity contribution in [2.75, 3.05) is 20.8 Å². The number of phenols is 1. The molecule has 0 aromatic heterocycles. The molecular weight excluding hydrogens is 298 g/mol.